The van der Waals surface area contributed by atoms with Crippen molar-refractivity contribution in [2.24, 2.45) is 0 Å². The second-order valence-corrected chi connectivity index (χ2v) is 11.6. The lowest BCUT2D eigenvalue weighted by Crippen LogP contribution is -2.51. The van der Waals surface area contributed by atoms with Gasteiger partial charge in [0.1, 0.15) is 11.9 Å². The molecule has 0 saturated carbocycles. The first-order chi connectivity index (χ1) is 18.6. The number of ether oxygens (including phenoxy) is 2. The number of methoxy groups -OCH3 is 1. The highest BCUT2D eigenvalue weighted by molar-refractivity contribution is 7.21. The standard InChI is InChI=1S/C26H32N6O4S.C2H6/c1-15(2)20-21(16-11-18(35-6)23-27-14-28-32(23)13-16)29-17-12-19(37-22(17)20)24(33)30-7-9-31(10-8-30)25(34)36-26(3,4)5;1-2/h11-15,29H,7-10H2,1-6H3;1-2H3. The van der Waals surface area contributed by atoms with Crippen molar-refractivity contribution in [3.8, 4) is 17.0 Å². The number of rotatable bonds is 4. The second kappa shape index (κ2) is 11.3. The number of piperazine rings is 1. The summed E-state index contributed by atoms with van der Waals surface area (Å²) in [6.07, 6.45) is 3.10. The Bertz CT molecular complexity index is 1470. The van der Waals surface area contributed by atoms with Gasteiger partial charge in [0.05, 0.1) is 27.9 Å². The van der Waals surface area contributed by atoms with Crippen LogP contribution in [0.15, 0.2) is 24.7 Å². The molecule has 210 valence electrons. The van der Waals surface area contributed by atoms with E-state index in [0.29, 0.717) is 42.5 Å². The van der Waals surface area contributed by atoms with Crippen LogP contribution in [-0.2, 0) is 4.74 Å². The Morgan fingerprint density at radius 1 is 1.08 bits per heavy atom. The van der Waals surface area contributed by atoms with E-state index >= 15 is 0 Å². The first-order valence-corrected chi connectivity index (χ1v) is 14.2. The minimum absolute atomic E-state index is 0.0135. The molecule has 0 radical (unpaired) electrons. The van der Waals surface area contributed by atoms with Gasteiger partial charge in [0.25, 0.3) is 5.91 Å². The third kappa shape index (κ3) is 5.73. The minimum Gasteiger partial charge on any atom is -0.493 e. The topological polar surface area (TPSA) is 105 Å². The second-order valence-electron chi connectivity index (χ2n) is 10.5. The fourth-order valence-electron chi connectivity index (χ4n) is 4.64. The van der Waals surface area contributed by atoms with E-state index < -0.39 is 5.60 Å². The summed E-state index contributed by atoms with van der Waals surface area (Å²) in [6.45, 7) is 15.7. The first kappa shape index (κ1) is 28.4. The maximum absolute atomic E-state index is 13.4. The van der Waals surface area contributed by atoms with Gasteiger partial charge in [-0.1, -0.05) is 27.7 Å². The average molecular weight is 555 g/mol. The maximum atomic E-state index is 13.4. The molecule has 1 aliphatic rings. The van der Waals surface area contributed by atoms with Crippen molar-refractivity contribution in [1.82, 2.24) is 29.4 Å². The molecule has 39 heavy (non-hydrogen) atoms. The highest BCUT2D eigenvalue weighted by Crippen LogP contribution is 2.41. The predicted molar refractivity (Wildman–Crippen MR) is 154 cm³/mol. The third-order valence-corrected chi connectivity index (χ3v) is 7.52. The molecular weight excluding hydrogens is 516 g/mol. The lowest BCUT2D eigenvalue weighted by Gasteiger charge is -2.35. The van der Waals surface area contributed by atoms with E-state index in [9.17, 15) is 9.59 Å². The molecule has 5 rings (SSSR count). The molecule has 2 amide bonds. The largest absolute Gasteiger partial charge is 0.493 e. The van der Waals surface area contributed by atoms with Crippen molar-refractivity contribution in [3.05, 3.63) is 35.1 Å². The van der Waals surface area contributed by atoms with E-state index in [4.69, 9.17) is 9.47 Å². The quantitative estimate of drug-likeness (QED) is 0.342. The van der Waals surface area contributed by atoms with Crippen molar-refractivity contribution < 1.29 is 19.1 Å². The van der Waals surface area contributed by atoms with E-state index in [1.54, 1.807) is 16.5 Å². The number of nitrogens with one attached hydrogen (secondary N) is 1. The van der Waals surface area contributed by atoms with E-state index in [2.05, 4.69) is 28.9 Å². The summed E-state index contributed by atoms with van der Waals surface area (Å²) in [5.41, 5.74) is 4.11. The fraction of sp³-hybridized carbons (Fsp3) is 0.500. The zero-order valence-corrected chi connectivity index (χ0v) is 24.8. The summed E-state index contributed by atoms with van der Waals surface area (Å²) in [6, 6.07) is 3.89. The van der Waals surface area contributed by atoms with Crippen LogP contribution >= 0.6 is 11.3 Å². The van der Waals surface area contributed by atoms with Gasteiger partial charge in [0, 0.05) is 37.9 Å². The number of fused-ring (bicyclic) bond motifs is 2. The lowest BCUT2D eigenvalue weighted by molar-refractivity contribution is 0.0141. The SMILES string of the molecule is CC.COc1cc(-c2[nH]c3cc(C(=O)N4CCN(C(=O)OC(C)(C)C)CC4)sc3c2C(C)C)cn2ncnc12. The molecule has 0 spiro atoms. The summed E-state index contributed by atoms with van der Waals surface area (Å²) in [7, 11) is 1.62. The van der Waals surface area contributed by atoms with E-state index in [1.165, 1.54) is 17.7 Å². The van der Waals surface area contributed by atoms with Crippen molar-refractivity contribution in [1.29, 1.82) is 0 Å². The molecule has 1 fully saturated rings. The summed E-state index contributed by atoms with van der Waals surface area (Å²) in [4.78, 5) is 37.7. The van der Waals surface area contributed by atoms with Crippen molar-refractivity contribution in [2.45, 2.75) is 60.0 Å². The highest BCUT2D eigenvalue weighted by atomic mass is 32.1. The molecule has 4 aromatic heterocycles. The Hall–Kier alpha value is -3.60. The molecule has 4 aromatic rings. The Balaban J connectivity index is 0.00000172. The lowest BCUT2D eigenvalue weighted by atomic mass is 10.00. The number of aromatic nitrogens is 4. The molecule has 0 aromatic carbocycles. The number of carbonyl (C=O) groups is 2. The van der Waals surface area contributed by atoms with E-state index in [-0.39, 0.29) is 17.9 Å². The molecule has 0 bridgehead atoms. The smallest absolute Gasteiger partial charge is 0.410 e. The Morgan fingerprint density at radius 3 is 2.36 bits per heavy atom. The molecule has 1 saturated heterocycles. The van der Waals surface area contributed by atoms with Gasteiger partial charge < -0.3 is 24.3 Å². The molecule has 5 heterocycles. The highest BCUT2D eigenvalue weighted by Gasteiger charge is 2.29. The molecule has 10 nitrogen and oxygen atoms in total. The third-order valence-electron chi connectivity index (χ3n) is 6.36. The van der Waals surface area contributed by atoms with Crippen molar-refractivity contribution in [2.75, 3.05) is 33.3 Å². The zero-order chi connectivity index (χ0) is 28.5. The van der Waals surface area contributed by atoms with Crippen LogP contribution in [-0.4, -0.2) is 80.3 Å². The van der Waals surface area contributed by atoms with Crippen molar-refractivity contribution in [3.63, 3.8) is 0 Å². The molecule has 0 unspecified atom stereocenters. The predicted octanol–water partition coefficient (Wildman–Crippen LogP) is 5.79. The number of pyridine rings is 1. The van der Waals surface area contributed by atoms with Crippen LogP contribution in [0, 0.1) is 0 Å². The van der Waals surface area contributed by atoms with Gasteiger partial charge in [-0.3, -0.25) is 4.79 Å². The summed E-state index contributed by atoms with van der Waals surface area (Å²) in [5, 5.41) is 4.28. The van der Waals surface area contributed by atoms with Gasteiger partial charge in [-0.05, 0) is 44.4 Å². The van der Waals surface area contributed by atoms with Crippen LogP contribution in [0.5, 0.6) is 5.75 Å². The number of amides is 2. The summed E-state index contributed by atoms with van der Waals surface area (Å²) in [5.74, 6) is 0.851. The molecule has 0 aliphatic carbocycles. The van der Waals surface area contributed by atoms with Crippen LogP contribution < -0.4 is 4.74 Å². The van der Waals surface area contributed by atoms with Gasteiger partial charge in [-0.25, -0.2) is 14.3 Å². The monoisotopic (exact) mass is 554 g/mol. The van der Waals surface area contributed by atoms with E-state index in [0.717, 1.165) is 27.0 Å². The first-order valence-electron chi connectivity index (χ1n) is 13.4. The van der Waals surface area contributed by atoms with Crippen molar-refractivity contribution >= 4 is 39.2 Å². The number of carbonyl (C=O) groups excluding carboxylic acids is 2. The zero-order valence-electron chi connectivity index (χ0n) is 24.0. The Morgan fingerprint density at radius 2 is 1.74 bits per heavy atom. The van der Waals surface area contributed by atoms with Gasteiger partial charge >= 0.3 is 6.09 Å². The Labute approximate surface area is 232 Å². The molecular formula is C28H38N6O4S. The minimum atomic E-state index is -0.540. The average Bonchev–Trinajstić information content (AvgIpc) is 3.62. The number of hydrogen-bond donors (Lipinski definition) is 1. The van der Waals surface area contributed by atoms with Crippen LogP contribution in [0.2, 0.25) is 0 Å². The van der Waals surface area contributed by atoms with Gasteiger partial charge in [0.2, 0.25) is 0 Å². The number of thiophene rings is 1. The summed E-state index contributed by atoms with van der Waals surface area (Å²) < 4.78 is 13.8. The van der Waals surface area contributed by atoms with Gasteiger partial charge in [-0.2, -0.15) is 5.10 Å². The van der Waals surface area contributed by atoms with E-state index in [1.807, 2.05) is 57.8 Å². The molecule has 1 aliphatic heterocycles. The van der Waals surface area contributed by atoms with Crippen LogP contribution in [0.3, 0.4) is 0 Å². The summed E-state index contributed by atoms with van der Waals surface area (Å²) >= 11 is 1.51. The number of H-pyrrole nitrogens is 1. The normalized spacial score (nSPS) is 14.1. The van der Waals surface area contributed by atoms with Gasteiger partial charge in [0.15, 0.2) is 11.4 Å². The van der Waals surface area contributed by atoms with Crippen LogP contribution in [0.25, 0.3) is 27.1 Å². The molecule has 11 heteroatoms. The Kier molecular flexibility index (Phi) is 8.20. The maximum Gasteiger partial charge on any atom is 0.410 e. The molecule has 1 N–H and O–H groups in total. The number of aromatic amines is 1. The van der Waals surface area contributed by atoms with Crippen LogP contribution in [0.4, 0.5) is 4.79 Å². The number of hydrogen-bond acceptors (Lipinski definition) is 7. The molecule has 0 atom stereocenters. The fourth-order valence-corrected chi connectivity index (χ4v) is 5.92. The number of nitrogens with zero attached hydrogens (tertiary/aromatic N) is 5. The van der Waals surface area contributed by atoms with Crippen LogP contribution in [0.1, 0.15) is 69.6 Å². The van der Waals surface area contributed by atoms with Gasteiger partial charge in [-0.15, -0.1) is 11.3 Å².